The van der Waals surface area contributed by atoms with Crippen molar-refractivity contribution in [2.45, 2.75) is 45.4 Å². The molecule has 0 bridgehead atoms. The zero-order valence-electron chi connectivity index (χ0n) is 10.6. The van der Waals surface area contributed by atoms with Gasteiger partial charge in [-0.05, 0) is 32.8 Å². The normalized spacial score (nSPS) is 19.6. The van der Waals surface area contributed by atoms with Crippen molar-refractivity contribution in [1.29, 1.82) is 0 Å². The van der Waals surface area contributed by atoms with Crippen LogP contribution in [0.4, 0.5) is 0 Å². The molecule has 0 aliphatic carbocycles. The van der Waals surface area contributed by atoms with E-state index in [0.717, 1.165) is 19.7 Å². The van der Waals surface area contributed by atoms with Gasteiger partial charge in [-0.15, -0.1) is 12.4 Å². The summed E-state index contributed by atoms with van der Waals surface area (Å²) in [6, 6.07) is 2.50. The lowest BCUT2D eigenvalue weighted by Gasteiger charge is -2.13. The molecule has 98 valence electrons. The van der Waals surface area contributed by atoms with Gasteiger partial charge in [0.1, 0.15) is 0 Å². The lowest BCUT2D eigenvalue weighted by atomic mass is 10.2. The standard InChI is InChI=1S/C12H21N3O.ClH/c1-10(2)15-11(5-6-14-15)8-13-9-12-4-3-7-16-12;/h5-6,10,12-13H,3-4,7-9H2,1-2H3;1H. The number of hydrogen-bond donors (Lipinski definition) is 1. The smallest absolute Gasteiger partial charge is 0.0700 e. The molecule has 1 aromatic rings. The highest BCUT2D eigenvalue weighted by Gasteiger charge is 2.14. The molecule has 0 aromatic carbocycles. The summed E-state index contributed by atoms with van der Waals surface area (Å²) in [5.41, 5.74) is 1.24. The monoisotopic (exact) mass is 259 g/mol. The van der Waals surface area contributed by atoms with Crippen LogP contribution in [-0.2, 0) is 11.3 Å². The van der Waals surface area contributed by atoms with E-state index >= 15 is 0 Å². The number of aromatic nitrogens is 2. The van der Waals surface area contributed by atoms with Crippen molar-refractivity contribution in [3.8, 4) is 0 Å². The average molecular weight is 260 g/mol. The molecule has 1 N–H and O–H groups in total. The molecule has 17 heavy (non-hydrogen) atoms. The Kier molecular flexibility index (Phi) is 5.95. The van der Waals surface area contributed by atoms with Gasteiger partial charge in [0.15, 0.2) is 0 Å². The summed E-state index contributed by atoms with van der Waals surface area (Å²) in [5.74, 6) is 0. The van der Waals surface area contributed by atoms with E-state index in [0.29, 0.717) is 12.1 Å². The number of nitrogens with one attached hydrogen (secondary N) is 1. The molecule has 1 aliphatic rings. The van der Waals surface area contributed by atoms with Crippen LogP contribution in [0.2, 0.25) is 0 Å². The minimum atomic E-state index is 0. The Balaban J connectivity index is 0.00000144. The number of nitrogens with zero attached hydrogens (tertiary/aromatic N) is 2. The number of ether oxygens (including phenoxy) is 1. The van der Waals surface area contributed by atoms with E-state index in [2.05, 4.69) is 35.0 Å². The summed E-state index contributed by atoms with van der Waals surface area (Å²) in [5, 5.41) is 7.75. The van der Waals surface area contributed by atoms with Gasteiger partial charge in [-0.1, -0.05) is 0 Å². The Bertz CT molecular complexity index is 321. The van der Waals surface area contributed by atoms with Crippen molar-refractivity contribution in [2.75, 3.05) is 13.2 Å². The molecule has 2 rings (SSSR count). The van der Waals surface area contributed by atoms with Gasteiger partial charge in [-0.2, -0.15) is 5.10 Å². The van der Waals surface area contributed by atoms with E-state index in [1.807, 2.05) is 6.20 Å². The molecule has 2 heterocycles. The van der Waals surface area contributed by atoms with Crippen LogP contribution >= 0.6 is 12.4 Å². The summed E-state index contributed by atoms with van der Waals surface area (Å²) in [7, 11) is 0. The molecule has 1 saturated heterocycles. The Morgan fingerprint density at radius 3 is 3.06 bits per heavy atom. The Morgan fingerprint density at radius 1 is 1.59 bits per heavy atom. The van der Waals surface area contributed by atoms with E-state index < -0.39 is 0 Å². The molecule has 0 spiro atoms. The number of hydrogen-bond acceptors (Lipinski definition) is 3. The highest BCUT2D eigenvalue weighted by atomic mass is 35.5. The van der Waals surface area contributed by atoms with Gasteiger partial charge < -0.3 is 10.1 Å². The predicted octanol–water partition coefficient (Wildman–Crippen LogP) is 2.15. The largest absolute Gasteiger partial charge is 0.377 e. The van der Waals surface area contributed by atoms with Gasteiger partial charge in [-0.3, -0.25) is 4.68 Å². The zero-order chi connectivity index (χ0) is 11.4. The minimum absolute atomic E-state index is 0. The van der Waals surface area contributed by atoms with Gasteiger partial charge >= 0.3 is 0 Å². The van der Waals surface area contributed by atoms with Crippen molar-refractivity contribution in [3.63, 3.8) is 0 Å². The van der Waals surface area contributed by atoms with E-state index in [9.17, 15) is 0 Å². The fraction of sp³-hybridized carbons (Fsp3) is 0.750. The fourth-order valence-electron chi connectivity index (χ4n) is 2.11. The lowest BCUT2D eigenvalue weighted by Crippen LogP contribution is -2.27. The van der Waals surface area contributed by atoms with Crippen molar-refractivity contribution < 1.29 is 4.74 Å². The average Bonchev–Trinajstić information content (AvgIpc) is 2.87. The minimum Gasteiger partial charge on any atom is -0.377 e. The molecule has 1 aromatic heterocycles. The Labute approximate surface area is 109 Å². The second-order valence-corrected chi connectivity index (χ2v) is 4.63. The predicted molar refractivity (Wildman–Crippen MR) is 70.5 cm³/mol. The summed E-state index contributed by atoms with van der Waals surface area (Å²) >= 11 is 0. The van der Waals surface area contributed by atoms with Crippen LogP contribution in [0.15, 0.2) is 12.3 Å². The van der Waals surface area contributed by atoms with Gasteiger partial charge in [0.05, 0.1) is 11.8 Å². The van der Waals surface area contributed by atoms with Crippen LogP contribution in [0.1, 0.15) is 38.4 Å². The van der Waals surface area contributed by atoms with Crippen LogP contribution < -0.4 is 5.32 Å². The molecule has 0 saturated carbocycles. The lowest BCUT2D eigenvalue weighted by molar-refractivity contribution is 0.109. The molecule has 5 heteroatoms. The summed E-state index contributed by atoms with van der Waals surface area (Å²) in [4.78, 5) is 0. The van der Waals surface area contributed by atoms with Gasteiger partial charge in [0.2, 0.25) is 0 Å². The van der Waals surface area contributed by atoms with Crippen molar-refractivity contribution in [1.82, 2.24) is 15.1 Å². The first-order chi connectivity index (χ1) is 7.77. The third kappa shape index (κ3) is 3.98. The Hall–Kier alpha value is -0.580. The SMILES string of the molecule is CC(C)n1nccc1CNCC1CCCO1.Cl. The van der Waals surface area contributed by atoms with Crippen molar-refractivity contribution in [3.05, 3.63) is 18.0 Å². The molecule has 1 fully saturated rings. The second-order valence-electron chi connectivity index (χ2n) is 4.63. The summed E-state index contributed by atoms with van der Waals surface area (Å²) in [6.07, 6.45) is 4.67. The molecular formula is C12H22ClN3O. The molecule has 1 unspecified atom stereocenters. The zero-order valence-corrected chi connectivity index (χ0v) is 11.4. The van der Waals surface area contributed by atoms with Crippen molar-refractivity contribution >= 4 is 12.4 Å². The molecular weight excluding hydrogens is 238 g/mol. The molecule has 1 aliphatic heterocycles. The van der Waals surface area contributed by atoms with Gasteiger partial charge in [-0.25, -0.2) is 0 Å². The summed E-state index contributed by atoms with van der Waals surface area (Å²) < 4.78 is 7.62. The van der Waals surface area contributed by atoms with Crippen LogP contribution in [0, 0.1) is 0 Å². The quantitative estimate of drug-likeness (QED) is 0.881. The first kappa shape index (κ1) is 14.5. The number of rotatable bonds is 5. The third-order valence-corrected chi connectivity index (χ3v) is 2.94. The van der Waals surface area contributed by atoms with Crippen LogP contribution in [0.5, 0.6) is 0 Å². The maximum absolute atomic E-state index is 5.57. The molecule has 0 radical (unpaired) electrons. The highest BCUT2D eigenvalue weighted by Crippen LogP contribution is 2.11. The van der Waals surface area contributed by atoms with Gasteiger partial charge in [0.25, 0.3) is 0 Å². The first-order valence-electron chi connectivity index (χ1n) is 6.12. The van der Waals surface area contributed by atoms with Crippen LogP contribution in [-0.4, -0.2) is 29.0 Å². The summed E-state index contributed by atoms with van der Waals surface area (Å²) in [6.45, 7) is 7.05. The Morgan fingerprint density at radius 2 is 2.41 bits per heavy atom. The van der Waals surface area contributed by atoms with E-state index in [-0.39, 0.29) is 12.4 Å². The maximum atomic E-state index is 5.57. The van der Waals surface area contributed by atoms with Crippen molar-refractivity contribution in [2.24, 2.45) is 0 Å². The molecule has 0 amide bonds. The molecule has 4 nitrogen and oxygen atoms in total. The molecule has 1 atom stereocenters. The first-order valence-corrected chi connectivity index (χ1v) is 6.12. The van der Waals surface area contributed by atoms with Crippen LogP contribution in [0.3, 0.4) is 0 Å². The third-order valence-electron chi connectivity index (χ3n) is 2.94. The second kappa shape index (κ2) is 6.99. The van der Waals surface area contributed by atoms with Gasteiger partial charge in [0, 0.05) is 31.9 Å². The fourth-order valence-corrected chi connectivity index (χ4v) is 2.11. The number of halogens is 1. The van der Waals surface area contributed by atoms with E-state index in [1.54, 1.807) is 0 Å². The van der Waals surface area contributed by atoms with Crippen LogP contribution in [0.25, 0.3) is 0 Å². The maximum Gasteiger partial charge on any atom is 0.0700 e. The topological polar surface area (TPSA) is 39.1 Å². The van der Waals surface area contributed by atoms with E-state index in [4.69, 9.17) is 4.74 Å². The van der Waals surface area contributed by atoms with E-state index in [1.165, 1.54) is 18.5 Å². The highest BCUT2D eigenvalue weighted by molar-refractivity contribution is 5.85.